The van der Waals surface area contributed by atoms with Gasteiger partial charge in [-0.2, -0.15) is 0 Å². The SMILES string of the molecule is CC[C@H]1CC[C@@H](C)C2C(=O)OC(=O)C21. The van der Waals surface area contributed by atoms with Gasteiger partial charge in [-0.1, -0.05) is 20.3 Å². The first-order valence-electron chi connectivity index (χ1n) is 5.40. The molecule has 1 aliphatic carbocycles. The number of rotatable bonds is 1. The zero-order valence-electron chi connectivity index (χ0n) is 8.66. The molecule has 2 rings (SSSR count). The number of carbonyl (C=O) groups is 2. The Morgan fingerprint density at radius 2 is 1.86 bits per heavy atom. The van der Waals surface area contributed by atoms with Crippen LogP contribution in [0.1, 0.15) is 33.1 Å². The first-order valence-corrected chi connectivity index (χ1v) is 5.40. The van der Waals surface area contributed by atoms with E-state index < -0.39 is 0 Å². The van der Waals surface area contributed by atoms with Crippen LogP contribution in [-0.2, 0) is 14.3 Å². The maximum atomic E-state index is 11.5. The van der Waals surface area contributed by atoms with Crippen molar-refractivity contribution in [1.82, 2.24) is 0 Å². The van der Waals surface area contributed by atoms with Gasteiger partial charge in [-0.05, 0) is 24.7 Å². The van der Waals surface area contributed by atoms with Crippen molar-refractivity contribution in [2.24, 2.45) is 23.7 Å². The highest BCUT2D eigenvalue weighted by Gasteiger charge is 2.52. The summed E-state index contributed by atoms with van der Waals surface area (Å²) >= 11 is 0. The van der Waals surface area contributed by atoms with Crippen LogP contribution >= 0.6 is 0 Å². The van der Waals surface area contributed by atoms with E-state index >= 15 is 0 Å². The normalized spacial score (nSPS) is 42.1. The van der Waals surface area contributed by atoms with E-state index in [2.05, 4.69) is 6.92 Å². The summed E-state index contributed by atoms with van der Waals surface area (Å²) in [6.07, 6.45) is 3.07. The van der Waals surface area contributed by atoms with Crippen LogP contribution in [-0.4, -0.2) is 11.9 Å². The Hall–Kier alpha value is -0.860. The third-order valence-electron chi connectivity index (χ3n) is 3.77. The summed E-state index contributed by atoms with van der Waals surface area (Å²) in [5, 5.41) is 0. The molecule has 0 aromatic carbocycles. The second-order valence-electron chi connectivity index (χ2n) is 4.51. The topological polar surface area (TPSA) is 43.4 Å². The van der Waals surface area contributed by atoms with E-state index in [-0.39, 0.29) is 23.8 Å². The standard InChI is InChI=1S/C11H16O3/c1-3-7-5-4-6(2)8-9(7)11(13)14-10(8)12/h6-9H,3-5H2,1-2H3/t6-,7+,8?,9?/m1/s1. The molecule has 0 aromatic heterocycles. The van der Waals surface area contributed by atoms with Gasteiger partial charge in [0.05, 0.1) is 11.8 Å². The Balaban J connectivity index is 2.27. The van der Waals surface area contributed by atoms with Crippen LogP contribution in [0.5, 0.6) is 0 Å². The molecule has 1 saturated carbocycles. The smallest absolute Gasteiger partial charge is 0.317 e. The van der Waals surface area contributed by atoms with Crippen LogP contribution in [0.25, 0.3) is 0 Å². The molecule has 14 heavy (non-hydrogen) atoms. The molecule has 2 unspecified atom stereocenters. The van der Waals surface area contributed by atoms with Crippen molar-refractivity contribution in [3.63, 3.8) is 0 Å². The Labute approximate surface area is 83.8 Å². The van der Waals surface area contributed by atoms with Crippen molar-refractivity contribution < 1.29 is 14.3 Å². The number of hydrogen-bond donors (Lipinski definition) is 0. The van der Waals surface area contributed by atoms with Gasteiger partial charge in [-0.15, -0.1) is 0 Å². The molecular weight excluding hydrogens is 180 g/mol. The van der Waals surface area contributed by atoms with Gasteiger partial charge >= 0.3 is 11.9 Å². The number of hydrogen-bond acceptors (Lipinski definition) is 3. The molecule has 0 bridgehead atoms. The largest absolute Gasteiger partial charge is 0.393 e. The van der Waals surface area contributed by atoms with Crippen LogP contribution in [0, 0.1) is 23.7 Å². The monoisotopic (exact) mass is 196 g/mol. The van der Waals surface area contributed by atoms with Crippen LogP contribution in [0.15, 0.2) is 0 Å². The van der Waals surface area contributed by atoms with Crippen LogP contribution in [0.2, 0.25) is 0 Å². The van der Waals surface area contributed by atoms with Gasteiger partial charge in [0.2, 0.25) is 0 Å². The van der Waals surface area contributed by atoms with Gasteiger partial charge in [0.25, 0.3) is 0 Å². The number of fused-ring (bicyclic) bond motifs is 1. The molecule has 1 heterocycles. The van der Waals surface area contributed by atoms with Crippen LogP contribution < -0.4 is 0 Å². The summed E-state index contributed by atoms with van der Waals surface area (Å²) in [6, 6.07) is 0. The molecular formula is C11H16O3. The van der Waals surface area contributed by atoms with Gasteiger partial charge in [-0.25, -0.2) is 0 Å². The Morgan fingerprint density at radius 1 is 1.21 bits per heavy atom. The third kappa shape index (κ3) is 1.26. The molecule has 78 valence electrons. The fourth-order valence-electron chi connectivity index (χ4n) is 2.89. The second-order valence-corrected chi connectivity index (χ2v) is 4.51. The molecule has 2 fully saturated rings. The maximum Gasteiger partial charge on any atom is 0.317 e. The lowest BCUT2D eigenvalue weighted by Gasteiger charge is -2.32. The average Bonchev–Trinajstić information content (AvgIpc) is 2.44. The Morgan fingerprint density at radius 3 is 2.50 bits per heavy atom. The third-order valence-corrected chi connectivity index (χ3v) is 3.77. The summed E-state index contributed by atoms with van der Waals surface area (Å²) < 4.78 is 4.73. The molecule has 0 spiro atoms. The summed E-state index contributed by atoms with van der Waals surface area (Å²) in [6.45, 7) is 4.12. The quantitative estimate of drug-likeness (QED) is 0.474. The lowest BCUT2D eigenvalue weighted by Crippen LogP contribution is -2.35. The minimum atomic E-state index is -0.286. The van der Waals surface area contributed by atoms with Gasteiger partial charge < -0.3 is 4.74 Å². The number of esters is 2. The number of cyclic esters (lactones) is 2. The minimum Gasteiger partial charge on any atom is -0.393 e. The Bertz CT molecular complexity index is 272. The number of ether oxygens (including phenoxy) is 1. The molecule has 3 nitrogen and oxygen atoms in total. The summed E-state index contributed by atoms with van der Waals surface area (Å²) in [4.78, 5) is 22.9. The van der Waals surface area contributed by atoms with Crippen molar-refractivity contribution >= 4 is 11.9 Å². The summed E-state index contributed by atoms with van der Waals surface area (Å²) in [7, 11) is 0. The predicted octanol–water partition coefficient (Wildman–Crippen LogP) is 1.76. The Kier molecular flexibility index (Phi) is 2.33. The highest BCUT2D eigenvalue weighted by atomic mass is 16.6. The lowest BCUT2D eigenvalue weighted by molar-refractivity contribution is -0.154. The zero-order valence-corrected chi connectivity index (χ0v) is 8.66. The fourth-order valence-corrected chi connectivity index (χ4v) is 2.89. The first kappa shape index (κ1) is 9.69. The summed E-state index contributed by atoms with van der Waals surface area (Å²) in [5.74, 6) is -0.196. The van der Waals surface area contributed by atoms with Crippen LogP contribution in [0.3, 0.4) is 0 Å². The molecule has 2 aliphatic rings. The minimum absolute atomic E-state index is 0.142. The molecule has 0 aromatic rings. The summed E-state index contributed by atoms with van der Waals surface area (Å²) in [5.41, 5.74) is 0. The van der Waals surface area contributed by atoms with Crippen molar-refractivity contribution in [2.45, 2.75) is 33.1 Å². The number of carbonyl (C=O) groups excluding carboxylic acids is 2. The van der Waals surface area contributed by atoms with E-state index in [9.17, 15) is 9.59 Å². The van der Waals surface area contributed by atoms with Crippen LogP contribution in [0.4, 0.5) is 0 Å². The van der Waals surface area contributed by atoms with Gasteiger partial charge in [0.15, 0.2) is 0 Å². The van der Waals surface area contributed by atoms with Crippen molar-refractivity contribution in [3.8, 4) is 0 Å². The van der Waals surface area contributed by atoms with E-state index in [0.29, 0.717) is 11.8 Å². The molecule has 3 heteroatoms. The average molecular weight is 196 g/mol. The molecule has 1 saturated heterocycles. The van der Waals surface area contributed by atoms with Gasteiger partial charge in [0.1, 0.15) is 0 Å². The molecule has 0 N–H and O–H groups in total. The predicted molar refractivity (Wildman–Crippen MR) is 50.3 cm³/mol. The second kappa shape index (κ2) is 3.37. The van der Waals surface area contributed by atoms with Crippen molar-refractivity contribution in [2.75, 3.05) is 0 Å². The van der Waals surface area contributed by atoms with Crippen molar-refractivity contribution in [3.05, 3.63) is 0 Å². The van der Waals surface area contributed by atoms with E-state index in [4.69, 9.17) is 4.74 Å². The molecule has 0 amide bonds. The molecule has 4 atom stereocenters. The zero-order chi connectivity index (χ0) is 10.3. The van der Waals surface area contributed by atoms with E-state index in [1.807, 2.05) is 6.92 Å². The van der Waals surface area contributed by atoms with Gasteiger partial charge in [-0.3, -0.25) is 9.59 Å². The lowest BCUT2D eigenvalue weighted by atomic mass is 9.67. The first-order chi connectivity index (χ1) is 6.65. The molecule has 0 radical (unpaired) electrons. The maximum absolute atomic E-state index is 11.5. The van der Waals surface area contributed by atoms with Crippen molar-refractivity contribution in [1.29, 1.82) is 0 Å². The highest BCUT2D eigenvalue weighted by molar-refractivity contribution is 5.96. The molecule has 1 aliphatic heterocycles. The van der Waals surface area contributed by atoms with E-state index in [0.717, 1.165) is 19.3 Å². The highest BCUT2D eigenvalue weighted by Crippen LogP contribution is 2.44. The van der Waals surface area contributed by atoms with E-state index in [1.54, 1.807) is 0 Å². The van der Waals surface area contributed by atoms with E-state index in [1.165, 1.54) is 0 Å². The van der Waals surface area contributed by atoms with Gasteiger partial charge in [0, 0.05) is 0 Å². The fraction of sp³-hybridized carbons (Fsp3) is 0.818.